The van der Waals surface area contributed by atoms with Gasteiger partial charge < -0.3 is 0 Å². The summed E-state index contributed by atoms with van der Waals surface area (Å²) in [4.78, 5) is 15.3. The smallest absolute Gasteiger partial charge is 0.183 e. The lowest BCUT2D eigenvalue weighted by atomic mass is 9.66. The van der Waals surface area contributed by atoms with Crippen molar-refractivity contribution in [1.82, 2.24) is 0 Å². The molecule has 1 nitrogen and oxygen atoms in total. The van der Waals surface area contributed by atoms with Gasteiger partial charge in [0.15, 0.2) is 5.78 Å². The molecule has 0 radical (unpaired) electrons. The van der Waals surface area contributed by atoms with E-state index in [1.165, 1.54) is 16.9 Å². The minimum absolute atomic E-state index is 0.281. The molecule has 0 saturated heterocycles. The van der Waals surface area contributed by atoms with Gasteiger partial charge in [-0.3, -0.25) is 4.79 Å². The third-order valence-electron chi connectivity index (χ3n) is 4.43. The van der Waals surface area contributed by atoms with E-state index in [0.29, 0.717) is 5.78 Å². The van der Waals surface area contributed by atoms with Crippen LogP contribution in [0, 0.1) is 6.92 Å². The van der Waals surface area contributed by atoms with E-state index in [2.05, 4.69) is 37.3 Å². The van der Waals surface area contributed by atoms with Crippen LogP contribution in [0.3, 0.4) is 0 Å². The van der Waals surface area contributed by atoms with Crippen molar-refractivity contribution in [3.05, 3.63) is 57.8 Å². The van der Waals surface area contributed by atoms with E-state index in [1.54, 1.807) is 11.3 Å². The van der Waals surface area contributed by atoms with Crippen molar-refractivity contribution in [3.63, 3.8) is 0 Å². The summed E-state index contributed by atoms with van der Waals surface area (Å²) in [5.74, 6) is 0.335. The molecular formula is C18H20OS. The number of hydrogen-bond acceptors (Lipinski definition) is 2. The molecule has 104 valence electrons. The zero-order chi connectivity index (χ0) is 14.0. The quantitative estimate of drug-likeness (QED) is 0.713. The van der Waals surface area contributed by atoms with Crippen LogP contribution in [0.1, 0.15) is 52.2 Å². The molecule has 0 bridgehead atoms. The largest absolute Gasteiger partial charge is 0.292 e. The normalized spacial score (nSPS) is 17.9. The van der Waals surface area contributed by atoms with E-state index in [9.17, 15) is 4.79 Å². The summed E-state index contributed by atoms with van der Waals surface area (Å²) < 4.78 is 0. The molecule has 0 unspecified atom stereocenters. The topological polar surface area (TPSA) is 17.1 Å². The number of carbonyl (C=O) groups excluding carboxylic acids is 1. The van der Waals surface area contributed by atoms with Crippen LogP contribution >= 0.6 is 11.3 Å². The van der Waals surface area contributed by atoms with Gasteiger partial charge in [0.1, 0.15) is 0 Å². The summed E-state index contributed by atoms with van der Waals surface area (Å²) in [5, 5.41) is 0. The molecule has 20 heavy (non-hydrogen) atoms. The van der Waals surface area contributed by atoms with Gasteiger partial charge in [0.25, 0.3) is 0 Å². The van der Waals surface area contributed by atoms with Gasteiger partial charge in [0.2, 0.25) is 0 Å². The fourth-order valence-electron chi connectivity index (χ4n) is 3.35. The van der Waals surface area contributed by atoms with Gasteiger partial charge in [0.05, 0.1) is 10.3 Å². The molecule has 1 heterocycles. The van der Waals surface area contributed by atoms with Crippen LogP contribution in [-0.2, 0) is 5.41 Å². The minimum Gasteiger partial charge on any atom is -0.292 e. The standard InChI is InChI=1S/C18H20OS/c1-14-10-11-16(20-14)17(19)18(12-6-3-7-13-18)15-8-4-2-5-9-15/h2,4-5,8-11H,3,6-7,12-13H2,1H3. The summed E-state index contributed by atoms with van der Waals surface area (Å²) in [6.07, 6.45) is 5.56. The molecule has 0 spiro atoms. The fourth-order valence-corrected chi connectivity index (χ4v) is 4.26. The van der Waals surface area contributed by atoms with Gasteiger partial charge in [-0.1, -0.05) is 49.6 Å². The maximum atomic E-state index is 13.1. The highest BCUT2D eigenvalue weighted by Crippen LogP contribution is 2.42. The SMILES string of the molecule is Cc1ccc(C(=O)C2(c3ccccc3)CCCCC2)s1. The van der Waals surface area contributed by atoms with Crippen LogP contribution < -0.4 is 0 Å². The number of benzene rings is 1. The Morgan fingerprint density at radius 1 is 1.00 bits per heavy atom. The first-order valence-electron chi connectivity index (χ1n) is 7.39. The number of ketones is 1. The van der Waals surface area contributed by atoms with E-state index < -0.39 is 0 Å². The zero-order valence-electron chi connectivity index (χ0n) is 11.9. The molecule has 3 rings (SSSR count). The number of carbonyl (C=O) groups is 1. The molecule has 1 fully saturated rings. The first kappa shape index (κ1) is 13.6. The van der Waals surface area contributed by atoms with Crippen molar-refractivity contribution < 1.29 is 4.79 Å². The van der Waals surface area contributed by atoms with Gasteiger partial charge in [0, 0.05) is 4.88 Å². The molecule has 0 atom stereocenters. The maximum Gasteiger partial charge on any atom is 0.183 e. The number of thiophene rings is 1. The van der Waals surface area contributed by atoms with Gasteiger partial charge >= 0.3 is 0 Å². The number of rotatable bonds is 3. The first-order valence-corrected chi connectivity index (χ1v) is 8.21. The van der Waals surface area contributed by atoms with Gasteiger partial charge in [-0.15, -0.1) is 11.3 Å². The Kier molecular flexibility index (Phi) is 3.75. The second-order valence-electron chi connectivity index (χ2n) is 5.75. The molecule has 2 heteroatoms. The first-order chi connectivity index (χ1) is 9.72. The van der Waals surface area contributed by atoms with E-state index in [-0.39, 0.29) is 5.41 Å². The van der Waals surface area contributed by atoms with Crippen molar-refractivity contribution >= 4 is 17.1 Å². The molecular weight excluding hydrogens is 264 g/mol. The van der Waals surface area contributed by atoms with Crippen LogP contribution in [-0.4, -0.2) is 5.78 Å². The molecule has 0 aliphatic heterocycles. The van der Waals surface area contributed by atoms with E-state index in [1.807, 2.05) is 12.1 Å². The Hall–Kier alpha value is -1.41. The predicted molar refractivity (Wildman–Crippen MR) is 84.6 cm³/mol. The predicted octanol–water partition coefficient (Wildman–Crippen LogP) is 5.14. The summed E-state index contributed by atoms with van der Waals surface area (Å²) in [6.45, 7) is 2.07. The van der Waals surface area contributed by atoms with Gasteiger partial charge in [-0.05, 0) is 37.5 Å². The molecule has 0 amide bonds. The highest BCUT2D eigenvalue weighted by Gasteiger charge is 2.41. The van der Waals surface area contributed by atoms with Gasteiger partial charge in [-0.2, -0.15) is 0 Å². The number of hydrogen-bond donors (Lipinski definition) is 0. The molecule has 1 aliphatic rings. The molecule has 2 aromatic rings. The van der Waals surface area contributed by atoms with E-state index in [4.69, 9.17) is 0 Å². The Balaban J connectivity index is 2.04. The Bertz CT molecular complexity index is 591. The summed E-state index contributed by atoms with van der Waals surface area (Å²) in [6, 6.07) is 14.4. The molecule has 0 N–H and O–H groups in total. The maximum absolute atomic E-state index is 13.1. The van der Waals surface area contributed by atoms with E-state index in [0.717, 1.165) is 30.6 Å². The molecule has 1 aromatic heterocycles. The number of Topliss-reactive ketones (excluding diaryl/α,β-unsaturated/α-hetero) is 1. The molecule has 1 aromatic carbocycles. The van der Waals surface area contributed by atoms with Crippen molar-refractivity contribution in [1.29, 1.82) is 0 Å². The van der Waals surface area contributed by atoms with Crippen molar-refractivity contribution in [2.75, 3.05) is 0 Å². The van der Waals surface area contributed by atoms with Crippen LogP contribution in [0.25, 0.3) is 0 Å². The zero-order valence-corrected chi connectivity index (χ0v) is 12.7. The fraction of sp³-hybridized carbons (Fsp3) is 0.389. The van der Waals surface area contributed by atoms with Gasteiger partial charge in [-0.25, -0.2) is 0 Å². The summed E-state index contributed by atoms with van der Waals surface area (Å²) in [7, 11) is 0. The highest BCUT2D eigenvalue weighted by molar-refractivity contribution is 7.14. The lowest BCUT2D eigenvalue weighted by Crippen LogP contribution is -2.37. The monoisotopic (exact) mass is 284 g/mol. The second kappa shape index (κ2) is 5.53. The Morgan fingerprint density at radius 3 is 2.30 bits per heavy atom. The van der Waals surface area contributed by atoms with Crippen LogP contribution in [0.2, 0.25) is 0 Å². The Morgan fingerprint density at radius 2 is 1.70 bits per heavy atom. The van der Waals surface area contributed by atoms with Crippen LogP contribution in [0.15, 0.2) is 42.5 Å². The average molecular weight is 284 g/mol. The van der Waals surface area contributed by atoms with Crippen molar-refractivity contribution in [2.45, 2.75) is 44.4 Å². The lowest BCUT2D eigenvalue weighted by molar-refractivity contribution is 0.0844. The molecule has 1 aliphatic carbocycles. The summed E-state index contributed by atoms with van der Waals surface area (Å²) in [5.41, 5.74) is 0.923. The average Bonchev–Trinajstić information content (AvgIpc) is 2.94. The Labute approximate surface area is 124 Å². The van der Waals surface area contributed by atoms with Crippen LogP contribution in [0.5, 0.6) is 0 Å². The minimum atomic E-state index is -0.281. The third kappa shape index (κ3) is 2.33. The second-order valence-corrected chi connectivity index (χ2v) is 7.04. The van der Waals surface area contributed by atoms with Crippen LogP contribution in [0.4, 0.5) is 0 Å². The molecule has 1 saturated carbocycles. The van der Waals surface area contributed by atoms with E-state index >= 15 is 0 Å². The lowest BCUT2D eigenvalue weighted by Gasteiger charge is -2.36. The van der Waals surface area contributed by atoms with Crippen molar-refractivity contribution in [2.24, 2.45) is 0 Å². The third-order valence-corrected chi connectivity index (χ3v) is 5.43. The summed E-state index contributed by atoms with van der Waals surface area (Å²) >= 11 is 1.63. The number of aryl methyl sites for hydroxylation is 1. The highest BCUT2D eigenvalue weighted by atomic mass is 32.1. The van der Waals surface area contributed by atoms with Crippen molar-refractivity contribution in [3.8, 4) is 0 Å².